The number of hydrogen-bond donors (Lipinski definition) is 2. The van der Waals surface area contributed by atoms with Gasteiger partial charge in [0.05, 0.1) is 9.35 Å². The molecule has 0 aliphatic carbocycles. The van der Waals surface area contributed by atoms with Crippen LogP contribution in [0.3, 0.4) is 0 Å². The van der Waals surface area contributed by atoms with Gasteiger partial charge in [-0.05, 0) is 0 Å². The van der Waals surface area contributed by atoms with Gasteiger partial charge >= 0.3 is 16.5 Å². The van der Waals surface area contributed by atoms with E-state index in [2.05, 4.69) is 27.5 Å². The smallest absolute Gasteiger partial charge is 0.132 e. The van der Waals surface area contributed by atoms with Gasteiger partial charge in [0.2, 0.25) is 0 Å². The maximum Gasteiger partial charge on any atom is 0.728 e. The highest BCUT2D eigenvalue weighted by atomic mass is 31.1. The molecule has 0 radical (unpaired) electrons. The topological polar surface area (TPSA) is 102 Å². The molecule has 0 rings (SSSR count). The summed E-state index contributed by atoms with van der Waals surface area (Å²) in [6.45, 7) is 6.00. The average Bonchev–Trinajstić information content (AvgIpc) is 1.90. The third-order valence-corrected chi connectivity index (χ3v) is 0.565. The third kappa shape index (κ3) is 17.7. The van der Waals surface area contributed by atoms with Crippen LogP contribution in [0.4, 0.5) is 0 Å². The second-order valence-corrected chi connectivity index (χ2v) is 1.94. The average molecular weight is 204 g/mol. The van der Waals surface area contributed by atoms with E-state index in [0.29, 0.717) is 0 Å². The molecule has 0 heterocycles. The van der Waals surface area contributed by atoms with Crippen LogP contribution >= 0.6 is 16.5 Å². The fraction of sp³-hybridized carbons (Fsp3) is 0. The van der Waals surface area contributed by atoms with Gasteiger partial charge in [0.1, 0.15) is 0 Å². The van der Waals surface area contributed by atoms with E-state index < -0.39 is 16.5 Å². The Balaban J connectivity index is 0. The Morgan fingerprint density at radius 3 is 1.45 bits per heavy atom. The lowest BCUT2D eigenvalue weighted by molar-refractivity contribution is -0.413. The first kappa shape index (κ1) is 13.3. The molecule has 0 fully saturated rings. The first-order valence-electron chi connectivity index (χ1n) is 1.96. The van der Waals surface area contributed by atoms with Gasteiger partial charge in [-0.15, -0.1) is 22.9 Å². The zero-order chi connectivity index (χ0) is 9.28. The molecule has 2 unspecified atom stereocenters. The summed E-state index contributed by atoms with van der Waals surface area (Å²) in [6.07, 6.45) is 0. The van der Waals surface area contributed by atoms with Crippen molar-refractivity contribution in [3.05, 3.63) is 13.2 Å². The van der Waals surface area contributed by atoms with Gasteiger partial charge in [0, 0.05) is 14.2 Å². The molecule has 2 atom stereocenters. The van der Waals surface area contributed by atoms with Crippen molar-refractivity contribution < 1.29 is 33.3 Å². The van der Waals surface area contributed by atoms with E-state index in [1.807, 2.05) is 0 Å². The van der Waals surface area contributed by atoms with Crippen molar-refractivity contribution in [3.63, 3.8) is 0 Å². The van der Waals surface area contributed by atoms with Gasteiger partial charge in [-0.25, -0.2) is 0 Å². The maximum absolute atomic E-state index is 9.53. The molecular weight excluding hydrogens is 198 g/mol. The summed E-state index contributed by atoms with van der Waals surface area (Å²) in [6, 6.07) is 0. The van der Waals surface area contributed by atoms with Crippen molar-refractivity contribution in [3.8, 4) is 0 Å². The van der Waals surface area contributed by atoms with Gasteiger partial charge in [-0.1, -0.05) is 0 Å². The Kier molecular flexibility index (Phi) is 11.8. The van der Waals surface area contributed by atoms with Crippen LogP contribution in [0.2, 0.25) is 0 Å². The Labute approximate surface area is 64.0 Å². The Hall–Kier alpha value is -0.260. The van der Waals surface area contributed by atoms with E-state index in [-0.39, 0.29) is 0 Å². The Morgan fingerprint density at radius 2 is 1.27 bits per heavy atom. The minimum atomic E-state index is -2.97. The summed E-state index contributed by atoms with van der Waals surface area (Å²) >= 11 is 0. The Bertz CT molecular complexity index is 120. The molecule has 0 aromatic carbocycles. The highest BCUT2D eigenvalue weighted by molar-refractivity contribution is 7.32. The molecule has 0 aromatic heterocycles. The summed E-state index contributed by atoms with van der Waals surface area (Å²) < 4.78 is 25.8. The zero-order valence-electron chi connectivity index (χ0n) is 5.24. The summed E-state index contributed by atoms with van der Waals surface area (Å²) in [4.78, 5) is 15.5. The van der Waals surface area contributed by atoms with E-state index >= 15 is 0 Å². The van der Waals surface area contributed by atoms with Crippen molar-refractivity contribution in [2.45, 2.75) is 0 Å². The predicted octanol–water partition coefficient (Wildman–Crippen LogP) is 0.968. The lowest BCUT2D eigenvalue weighted by Crippen LogP contribution is -1.80. The first-order valence-corrected chi connectivity index (χ1v) is 4.22. The van der Waals surface area contributed by atoms with Gasteiger partial charge in [0.15, 0.2) is 0 Å². The molecule has 0 aliphatic rings. The summed E-state index contributed by atoms with van der Waals surface area (Å²) in [5.74, 6) is 0. The maximum atomic E-state index is 9.53. The van der Waals surface area contributed by atoms with Gasteiger partial charge in [-0.3, -0.25) is 0 Å². The van der Waals surface area contributed by atoms with E-state index in [1.165, 1.54) is 0 Å². The summed E-state index contributed by atoms with van der Waals surface area (Å²) in [5, 5.41) is 3.29. The minimum Gasteiger partial charge on any atom is -0.132 e. The largest absolute Gasteiger partial charge is 0.728 e. The van der Waals surface area contributed by atoms with Crippen LogP contribution in [0.1, 0.15) is 0 Å². The summed E-state index contributed by atoms with van der Waals surface area (Å²) in [7, 11) is -5.94. The SMILES string of the molecule is C=C.O=[P+](O)OOO[P+](=O)O. The van der Waals surface area contributed by atoms with E-state index in [0.717, 1.165) is 0 Å². The van der Waals surface area contributed by atoms with Crippen molar-refractivity contribution >= 4 is 16.5 Å². The van der Waals surface area contributed by atoms with E-state index in [9.17, 15) is 9.13 Å². The van der Waals surface area contributed by atoms with Crippen molar-refractivity contribution in [2.75, 3.05) is 0 Å². The summed E-state index contributed by atoms with van der Waals surface area (Å²) in [5.41, 5.74) is 0. The van der Waals surface area contributed by atoms with Crippen LogP contribution in [0, 0.1) is 0 Å². The molecular formula is C2H6O7P2+2. The highest BCUT2D eigenvalue weighted by Gasteiger charge is 2.22. The monoisotopic (exact) mass is 204 g/mol. The molecule has 0 bridgehead atoms. The Morgan fingerprint density at radius 1 is 1.00 bits per heavy atom. The van der Waals surface area contributed by atoms with Crippen LogP contribution < -0.4 is 0 Å². The third-order valence-electron chi connectivity index (χ3n) is 0.188. The van der Waals surface area contributed by atoms with Crippen molar-refractivity contribution in [2.24, 2.45) is 0 Å². The number of hydrogen-bond acceptors (Lipinski definition) is 5. The molecule has 7 nitrogen and oxygen atoms in total. The molecule has 9 heteroatoms. The molecule has 64 valence electrons. The standard InChI is InChI=1S/C2H4.O7P2/c1-2;1-8(2)6-5-7-9(3)4/h1-2H2;/p+2. The van der Waals surface area contributed by atoms with Gasteiger partial charge < -0.3 is 0 Å². The fourth-order valence-electron chi connectivity index (χ4n) is 0.0657. The lowest BCUT2D eigenvalue weighted by atomic mass is 11.3. The van der Waals surface area contributed by atoms with Crippen LogP contribution in [0.25, 0.3) is 0 Å². The molecule has 11 heavy (non-hydrogen) atoms. The second kappa shape index (κ2) is 9.74. The van der Waals surface area contributed by atoms with E-state index in [4.69, 9.17) is 9.79 Å². The zero-order valence-corrected chi connectivity index (χ0v) is 7.03. The minimum absolute atomic E-state index is 2.97. The normalized spacial score (nSPS) is 11.1. The van der Waals surface area contributed by atoms with Crippen LogP contribution in [-0.2, 0) is 23.5 Å². The van der Waals surface area contributed by atoms with Crippen molar-refractivity contribution in [1.82, 2.24) is 0 Å². The molecule has 0 saturated carbocycles. The van der Waals surface area contributed by atoms with Crippen LogP contribution in [0.5, 0.6) is 0 Å². The first-order chi connectivity index (χ1) is 5.13. The second-order valence-electron chi connectivity index (χ2n) is 0.693. The molecule has 0 saturated heterocycles. The molecule has 0 spiro atoms. The predicted molar refractivity (Wildman–Crippen MR) is 34.2 cm³/mol. The van der Waals surface area contributed by atoms with E-state index in [1.54, 1.807) is 0 Å². The fourth-order valence-corrected chi connectivity index (χ4v) is 0.279. The van der Waals surface area contributed by atoms with Crippen LogP contribution in [0.15, 0.2) is 13.2 Å². The molecule has 2 N–H and O–H groups in total. The highest BCUT2D eigenvalue weighted by Crippen LogP contribution is 2.20. The van der Waals surface area contributed by atoms with Crippen molar-refractivity contribution in [1.29, 1.82) is 0 Å². The van der Waals surface area contributed by atoms with Gasteiger partial charge in [-0.2, -0.15) is 0 Å². The quantitative estimate of drug-likeness (QED) is 0.304. The lowest BCUT2D eigenvalue weighted by Gasteiger charge is -1.71. The van der Waals surface area contributed by atoms with Crippen LogP contribution in [-0.4, -0.2) is 9.79 Å². The van der Waals surface area contributed by atoms with Gasteiger partial charge in [0.25, 0.3) is 0 Å². The molecule has 0 aromatic rings. The number of rotatable bonds is 4. The molecule has 0 aliphatic heterocycles. The molecule has 0 amide bonds.